The Bertz CT molecular complexity index is 215. The molecule has 0 saturated heterocycles. The van der Waals surface area contributed by atoms with Gasteiger partial charge in [-0.15, -0.1) is 0 Å². The molecule has 0 heterocycles. The van der Waals surface area contributed by atoms with E-state index in [9.17, 15) is 4.39 Å². The lowest BCUT2D eigenvalue weighted by atomic mass is 9.85. The van der Waals surface area contributed by atoms with Crippen LogP contribution in [0.5, 0.6) is 0 Å². The smallest absolute Gasteiger partial charge is 0.129 e. The molecule has 0 aromatic carbocycles. The zero-order valence-electron chi connectivity index (χ0n) is 11.9. The molecule has 16 heavy (non-hydrogen) atoms. The lowest BCUT2D eigenvalue weighted by molar-refractivity contribution is 0.165. The SMILES string of the molecule is CCCCC(C)/C(C)=C/C(C)(F)C(C)CC. The van der Waals surface area contributed by atoms with E-state index in [1.165, 1.54) is 24.8 Å². The Labute approximate surface area is 101 Å². The summed E-state index contributed by atoms with van der Waals surface area (Å²) in [5.41, 5.74) is 0.0537. The highest BCUT2D eigenvalue weighted by atomic mass is 19.1. The van der Waals surface area contributed by atoms with Gasteiger partial charge in [0.25, 0.3) is 0 Å². The molecule has 0 fully saturated rings. The Morgan fingerprint density at radius 3 is 2.31 bits per heavy atom. The molecule has 0 saturated carbocycles. The van der Waals surface area contributed by atoms with Gasteiger partial charge in [-0.3, -0.25) is 0 Å². The van der Waals surface area contributed by atoms with Crippen molar-refractivity contribution >= 4 is 0 Å². The number of rotatable bonds is 7. The van der Waals surface area contributed by atoms with Gasteiger partial charge in [0, 0.05) is 0 Å². The van der Waals surface area contributed by atoms with Gasteiger partial charge in [0.2, 0.25) is 0 Å². The molecule has 0 N–H and O–H groups in total. The molecule has 0 nitrogen and oxygen atoms in total. The van der Waals surface area contributed by atoms with E-state index in [1.54, 1.807) is 6.92 Å². The van der Waals surface area contributed by atoms with Crippen LogP contribution in [0.2, 0.25) is 0 Å². The topological polar surface area (TPSA) is 0 Å². The Morgan fingerprint density at radius 1 is 1.31 bits per heavy atom. The minimum atomic E-state index is -1.15. The molecule has 0 radical (unpaired) electrons. The second-order valence-corrected chi connectivity index (χ2v) is 5.39. The second kappa shape index (κ2) is 7.09. The van der Waals surface area contributed by atoms with E-state index in [-0.39, 0.29) is 5.92 Å². The third kappa shape index (κ3) is 5.14. The quantitative estimate of drug-likeness (QED) is 0.502. The molecular formula is C15H29F. The van der Waals surface area contributed by atoms with Crippen LogP contribution in [-0.2, 0) is 0 Å². The third-order valence-corrected chi connectivity index (χ3v) is 3.85. The standard InChI is InChI=1S/C15H29F/c1-7-9-10-12(3)13(4)11-15(6,16)14(5)8-2/h11-12,14H,7-10H2,1-6H3/b13-11+. The molecule has 0 aromatic heterocycles. The number of alkyl halides is 1. The van der Waals surface area contributed by atoms with Gasteiger partial charge in [-0.2, -0.15) is 0 Å². The highest BCUT2D eigenvalue weighted by Crippen LogP contribution is 2.29. The van der Waals surface area contributed by atoms with Crippen LogP contribution in [0.4, 0.5) is 4.39 Å². The first-order valence-electron chi connectivity index (χ1n) is 6.73. The van der Waals surface area contributed by atoms with Gasteiger partial charge in [0.05, 0.1) is 0 Å². The van der Waals surface area contributed by atoms with Crippen LogP contribution in [0, 0.1) is 11.8 Å². The number of allylic oxidation sites excluding steroid dienone is 2. The van der Waals surface area contributed by atoms with Crippen molar-refractivity contribution in [1.82, 2.24) is 0 Å². The number of unbranched alkanes of at least 4 members (excludes halogenated alkanes) is 1. The van der Waals surface area contributed by atoms with E-state index < -0.39 is 5.67 Å². The Morgan fingerprint density at radius 2 is 1.88 bits per heavy atom. The monoisotopic (exact) mass is 228 g/mol. The Balaban J connectivity index is 4.49. The summed E-state index contributed by atoms with van der Waals surface area (Å²) in [6, 6.07) is 0. The van der Waals surface area contributed by atoms with Gasteiger partial charge >= 0.3 is 0 Å². The summed E-state index contributed by atoms with van der Waals surface area (Å²) in [6.45, 7) is 12.2. The molecule has 0 spiro atoms. The Kier molecular flexibility index (Phi) is 6.94. The van der Waals surface area contributed by atoms with Crippen LogP contribution < -0.4 is 0 Å². The Hall–Kier alpha value is -0.330. The van der Waals surface area contributed by atoms with Crippen molar-refractivity contribution in [3.05, 3.63) is 11.6 Å². The average molecular weight is 228 g/mol. The normalized spacial score (nSPS) is 20.3. The maximum atomic E-state index is 14.3. The lowest BCUT2D eigenvalue weighted by Gasteiger charge is -2.25. The van der Waals surface area contributed by atoms with Crippen LogP contribution in [0.1, 0.15) is 67.2 Å². The molecule has 0 aromatic rings. The molecule has 0 aliphatic carbocycles. The van der Waals surface area contributed by atoms with Crippen molar-refractivity contribution in [3.8, 4) is 0 Å². The molecule has 0 bridgehead atoms. The van der Waals surface area contributed by atoms with E-state index in [0.29, 0.717) is 5.92 Å². The number of halogens is 1. The molecule has 0 aliphatic rings. The average Bonchev–Trinajstić information content (AvgIpc) is 2.23. The largest absolute Gasteiger partial charge is 0.239 e. The molecule has 0 rings (SSSR count). The zero-order chi connectivity index (χ0) is 12.8. The van der Waals surface area contributed by atoms with E-state index in [0.717, 1.165) is 6.42 Å². The van der Waals surface area contributed by atoms with Crippen LogP contribution >= 0.6 is 0 Å². The van der Waals surface area contributed by atoms with Crippen LogP contribution in [0.15, 0.2) is 11.6 Å². The summed E-state index contributed by atoms with van der Waals surface area (Å²) < 4.78 is 14.3. The van der Waals surface area contributed by atoms with Crippen molar-refractivity contribution < 1.29 is 4.39 Å². The predicted octanol–water partition coefficient (Wildman–Crippen LogP) is 5.53. The van der Waals surface area contributed by atoms with E-state index in [1.807, 2.05) is 19.9 Å². The minimum Gasteiger partial charge on any atom is -0.239 e. The van der Waals surface area contributed by atoms with Gasteiger partial charge in [-0.25, -0.2) is 4.39 Å². The first-order chi connectivity index (χ1) is 7.35. The molecule has 96 valence electrons. The molecular weight excluding hydrogens is 199 g/mol. The summed E-state index contributed by atoms with van der Waals surface area (Å²) in [4.78, 5) is 0. The van der Waals surface area contributed by atoms with E-state index in [4.69, 9.17) is 0 Å². The maximum absolute atomic E-state index is 14.3. The van der Waals surface area contributed by atoms with Crippen LogP contribution in [-0.4, -0.2) is 5.67 Å². The van der Waals surface area contributed by atoms with Crippen LogP contribution in [0.3, 0.4) is 0 Å². The van der Waals surface area contributed by atoms with Crippen molar-refractivity contribution in [3.63, 3.8) is 0 Å². The van der Waals surface area contributed by atoms with Crippen molar-refractivity contribution in [2.24, 2.45) is 11.8 Å². The molecule has 0 amide bonds. The summed E-state index contributed by atoms with van der Waals surface area (Å²) in [5.74, 6) is 0.611. The van der Waals surface area contributed by atoms with Crippen molar-refractivity contribution in [2.75, 3.05) is 0 Å². The van der Waals surface area contributed by atoms with Gasteiger partial charge in [-0.05, 0) is 38.2 Å². The van der Waals surface area contributed by atoms with E-state index in [2.05, 4.69) is 20.8 Å². The van der Waals surface area contributed by atoms with Gasteiger partial charge in [0.15, 0.2) is 0 Å². The second-order valence-electron chi connectivity index (χ2n) is 5.39. The summed E-state index contributed by atoms with van der Waals surface area (Å²) in [5, 5.41) is 0. The summed E-state index contributed by atoms with van der Waals surface area (Å²) in [6.07, 6.45) is 6.37. The molecule has 0 aliphatic heterocycles. The first-order valence-corrected chi connectivity index (χ1v) is 6.73. The summed E-state index contributed by atoms with van der Waals surface area (Å²) >= 11 is 0. The fraction of sp³-hybridized carbons (Fsp3) is 0.867. The summed E-state index contributed by atoms with van der Waals surface area (Å²) in [7, 11) is 0. The van der Waals surface area contributed by atoms with Crippen molar-refractivity contribution in [2.45, 2.75) is 72.9 Å². The highest BCUT2D eigenvalue weighted by molar-refractivity contribution is 5.11. The molecule has 3 unspecified atom stereocenters. The number of hydrogen-bond acceptors (Lipinski definition) is 0. The zero-order valence-corrected chi connectivity index (χ0v) is 11.9. The van der Waals surface area contributed by atoms with E-state index >= 15 is 0 Å². The molecule has 3 atom stereocenters. The first kappa shape index (κ1) is 15.7. The highest BCUT2D eigenvalue weighted by Gasteiger charge is 2.27. The van der Waals surface area contributed by atoms with Gasteiger partial charge < -0.3 is 0 Å². The minimum absolute atomic E-state index is 0.0980. The van der Waals surface area contributed by atoms with Crippen LogP contribution in [0.25, 0.3) is 0 Å². The van der Waals surface area contributed by atoms with Crippen molar-refractivity contribution in [1.29, 1.82) is 0 Å². The fourth-order valence-electron chi connectivity index (χ4n) is 1.87. The molecule has 1 heteroatoms. The van der Waals surface area contributed by atoms with Gasteiger partial charge in [0.1, 0.15) is 5.67 Å². The fourth-order valence-corrected chi connectivity index (χ4v) is 1.87. The predicted molar refractivity (Wildman–Crippen MR) is 71.4 cm³/mol. The lowest BCUT2D eigenvalue weighted by Crippen LogP contribution is -2.25. The van der Waals surface area contributed by atoms with Gasteiger partial charge in [-0.1, -0.05) is 52.5 Å². The number of hydrogen-bond donors (Lipinski definition) is 0. The maximum Gasteiger partial charge on any atom is 0.129 e. The third-order valence-electron chi connectivity index (χ3n) is 3.85.